The maximum atomic E-state index is 12.8. The van der Waals surface area contributed by atoms with Gasteiger partial charge in [0, 0.05) is 12.1 Å². The predicted octanol–water partition coefficient (Wildman–Crippen LogP) is 3.93. The van der Waals surface area contributed by atoms with E-state index >= 15 is 0 Å². The van der Waals surface area contributed by atoms with Crippen LogP contribution < -0.4 is 5.32 Å². The van der Waals surface area contributed by atoms with E-state index < -0.39 is 21.6 Å². The molecule has 0 aliphatic carbocycles. The van der Waals surface area contributed by atoms with Crippen LogP contribution in [0, 0.1) is 5.82 Å². The second-order valence-electron chi connectivity index (χ2n) is 6.90. The van der Waals surface area contributed by atoms with Crippen LogP contribution in [0.25, 0.3) is 0 Å². The standard InChI is InChI=1S/C19H22FNO3S/c1-19(2,3)14-4-10-17(11-5-14)25(23,24)13-12-18(22)21-16-8-6-15(20)7-9-16/h4-11H,12-13H2,1-3H3,(H,21,22). The number of amides is 1. The number of hydrogen-bond acceptors (Lipinski definition) is 3. The van der Waals surface area contributed by atoms with Gasteiger partial charge in [-0.15, -0.1) is 0 Å². The number of halogens is 1. The summed E-state index contributed by atoms with van der Waals surface area (Å²) in [5.41, 5.74) is 1.41. The van der Waals surface area contributed by atoms with Crippen molar-refractivity contribution >= 4 is 21.4 Å². The van der Waals surface area contributed by atoms with Crippen molar-refractivity contribution in [2.24, 2.45) is 0 Å². The van der Waals surface area contributed by atoms with E-state index in [0.29, 0.717) is 5.69 Å². The SMILES string of the molecule is CC(C)(C)c1ccc(S(=O)(=O)CCC(=O)Nc2ccc(F)cc2)cc1. The number of anilines is 1. The molecule has 0 atom stereocenters. The Bertz CT molecular complexity index is 836. The van der Waals surface area contributed by atoms with Gasteiger partial charge in [-0.05, 0) is 47.4 Å². The van der Waals surface area contributed by atoms with Crippen molar-refractivity contribution in [2.75, 3.05) is 11.1 Å². The zero-order chi connectivity index (χ0) is 18.7. The zero-order valence-electron chi connectivity index (χ0n) is 14.5. The Morgan fingerprint density at radius 3 is 2.08 bits per heavy atom. The van der Waals surface area contributed by atoms with Gasteiger partial charge in [0.05, 0.1) is 10.6 Å². The molecule has 4 nitrogen and oxygen atoms in total. The first-order valence-electron chi connectivity index (χ1n) is 7.97. The van der Waals surface area contributed by atoms with Crippen LogP contribution >= 0.6 is 0 Å². The molecule has 0 aliphatic heterocycles. The Kier molecular flexibility index (Phi) is 5.62. The minimum atomic E-state index is -3.54. The summed E-state index contributed by atoms with van der Waals surface area (Å²) in [7, 11) is -3.54. The molecule has 134 valence electrons. The molecule has 2 aromatic rings. The maximum Gasteiger partial charge on any atom is 0.225 e. The quantitative estimate of drug-likeness (QED) is 0.875. The number of benzene rings is 2. The molecule has 0 bridgehead atoms. The van der Waals surface area contributed by atoms with E-state index in [-0.39, 0.29) is 22.5 Å². The van der Waals surface area contributed by atoms with Crippen LogP contribution in [-0.4, -0.2) is 20.1 Å². The summed E-state index contributed by atoms with van der Waals surface area (Å²) in [4.78, 5) is 12.1. The summed E-state index contributed by atoms with van der Waals surface area (Å²) in [6.07, 6.45) is -0.166. The lowest BCUT2D eigenvalue weighted by atomic mass is 9.87. The monoisotopic (exact) mass is 363 g/mol. The molecule has 2 aromatic carbocycles. The van der Waals surface area contributed by atoms with Gasteiger partial charge < -0.3 is 5.32 Å². The second kappa shape index (κ2) is 7.35. The Balaban J connectivity index is 1.98. The topological polar surface area (TPSA) is 63.2 Å². The van der Waals surface area contributed by atoms with E-state index in [9.17, 15) is 17.6 Å². The summed E-state index contributed by atoms with van der Waals surface area (Å²) in [5.74, 6) is -1.12. The Morgan fingerprint density at radius 1 is 1.00 bits per heavy atom. The Labute approximate surface area is 148 Å². The highest BCUT2D eigenvalue weighted by Gasteiger charge is 2.19. The lowest BCUT2D eigenvalue weighted by molar-refractivity contribution is -0.115. The fourth-order valence-electron chi connectivity index (χ4n) is 2.26. The minimum absolute atomic E-state index is 0.0582. The van der Waals surface area contributed by atoms with Gasteiger partial charge in [-0.2, -0.15) is 0 Å². The molecule has 2 rings (SSSR count). The van der Waals surface area contributed by atoms with E-state index in [1.165, 1.54) is 24.3 Å². The van der Waals surface area contributed by atoms with Crippen LogP contribution in [0.3, 0.4) is 0 Å². The summed E-state index contributed by atoms with van der Waals surface area (Å²) in [5, 5.41) is 2.55. The van der Waals surface area contributed by atoms with Crippen molar-refractivity contribution in [3.05, 3.63) is 59.9 Å². The molecule has 0 heterocycles. The van der Waals surface area contributed by atoms with Gasteiger partial charge >= 0.3 is 0 Å². The molecule has 0 radical (unpaired) electrons. The van der Waals surface area contributed by atoms with Crippen molar-refractivity contribution in [1.29, 1.82) is 0 Å². The summed E-state index contributed by atoms with van der Waals surface area (Å²) >= 11 is 0. The van der Waals surface area contributed by atoms with Crippen molar-refractivity contribution in [1.82, 2.24) is 0 Å². The smallest absolute Gasteiger partial charge is 0.225 e. The van der Waals surface area contributed by atoms with Crippen molar-refractivity contribution in [3.63, 3.8) is 0 Å². The normalized spacial score (nSPS) is 12.0. The Hall–Kier alpha value is -2.21. The van der Waals surface area contributed by atoms with Gasteiger partial charge in [0.25, 0.3) is 0 Å². The number of rotatable bonds is 5. The van der Waals surface area contributed by atoms with Gasteiger partial charge in [0.2, 0.25) is 5.91 Å². The number of carbonyl (C=O) groups excluding carboxylic acids is 1. The second-order valence-corrected chi connectivity index (χ2v) is 9.01. The minimum Gasteiger partial charge on any atom is -0.326 e. The molecule has 0 fully saturated rings. The third-order valence-corrected chi connectivity index (χ3v) is 5.54. The van der Waals surface area contributed by atoms with E-state index in [1.54, 1.807) is 24.3 Å². The maximum absolute atomic E-state index is 12.8. The molecule has 0 aromatic heterocycles. The van der Waals surface area contributed by atoms with E-state index in [2.05, 4.69) is 26.1 Å². The number of sulfone groups is 1. The molecule has 0 unspecified atom stereocenters. The number of nitrogens with one attached hydrogen (secondary N) is 1. The van der Waals surface area contributed by atoms with Crippen LogP contribution in [0.4, 0.5) is 10.1 Å². The van der Waals surface area contributed by atoms with Crippen LogP contribution in [-0.2, 0) is 20.0 Å². The van der Waals surface area contributed by atoms with Crippen LogP contribution in [0.15, 0.2) is 53.4 Å². The van der Waals surface area contributed by atoms with Crippen LogP contribution in [0.2, 0.25) is 0 Å². The van der Waals surface area contributed by atoms with Crippen LogP contribution in [0.1, 0.15) is 32.8 Å². The van der Waals surface area contributed by atoms with E-state index in [1.807, 2.05) is 0 Å². The fraction of sp³-hybridized carbons (Fsp3) is 0.316. The van der Waals surface area contributed by atoms with E-state index in [0.717, 1.165) is 5.56 Å². The van der Waals surface area contributed by atoms with Gasteiger partial charge in [0.15, 0.2) is 9.84 Å². The average Bonchev–Trinajstić information content (AvgIpc) is 2.55. The first kappa shape index (κ1) is 19.1. The molecule has 0 aliphatic rings. The molecule has 25 heavy (non-hydrogen) atoms. The van der Waals surface area contributed by atoms with Gasteiger partial charge in [-0.3, -0.25) is 4.79 Å². The highest BCUT2D eigenvalue weighted by atomic mass is 32.2. The highest BCUT2D eigenvalue weighted by Crippen LogP contribution is 2.24. The molecular formula is C19H22FNO3S. The zero-order valence-corrected chi connectivity index (χ0v) is 15.4. The third kappa shape index (κ3) is 5.39. The summed E-state index contributed by atoms with van der Waals surface area (Å²) in [6, 6.07) is 12.0. The van der Waals surface area contributed by atoms with Crippen molar-refractivity contribution in [2.45, 2.75) is 37.5 Å². The highest BCUT2D eigenvalue weighted by molar-refractivity contribution is 7.91. The van der Waals surface area contributed by atoms with Gasteiger partial charge in [0.1, 0.15) is 5.82 Å². The van der Waals surface area contributed by atoms with Gasteiger partial charge in [-0.1, -0.05) is 32.9 Å². The predicted molar refractivity (Wildman–Crippen MR) is 96.8 cm³/mol. The lowest BCUT2D eigenvalue weighted by Crippen LogP contribution is -2.17. The molecule has 1 amide bonds. The van der Waals surface area contributed by atoms with Crippen LogP contribution in [0.5, 0.6) is 0 Å². The summed E-state index contributed by atoms with van der Waals surface area (Å²) < 4.78 is 37.6. The molecular weight excluding hydrogens is 341 g/mol. The number of carbonyl (C=O) groups is 1. The van der Waals surface area contributed by atoms with Gasteiger partial charge in [-0.25, -0.2) is 12.8 Å². The third-order valence-electron chi connectivity index (χ3n) is 3.81. The lowest BCUT2D eigenvalue weighted by Gasteiger charge is -2.19. The number of hydrogen-bond donors (Lipinski definition) is 1. The molecule has 0 saturated heterocycles. The Morgan fingerprint density at radius 2 is 1.56 bits per heavy atom. The largest absolute Gasteiger partial charge is 0.326 e. The molecule has 0 spiro atoms. The fourth-order valence-corrected chi connectivity index (χ4v) is 3.50. The van der Waals surface area contributed by atoms with Crippen molar-refractivity contribution < 1.29 is 17.6 Å². The average molecular weight is 363 g/mol. The molecule has 6 heteroatoms. The molecule has 0 saturated carbocycles. The summed E-state index contributed by atoms with van der Waals surface area (Å²) in [6.45, 7) is 6.16. The van der Waals surface area contributed by atoms with E-state index in [4.69, 9.17) is 0 Å². The van der Waals surface area contributed by atoms with Crippen molar-refractivity contribution in [3.8, 4) is 0 Å². The molecule has 1 N–H and O–H groups in total. The first-order chi connectivity index (χ1) is 11.6. The first-order valence-corrected chi connectivity index (χ1v) is 9.62.